The summed E-state index contributed by atoms with van der Waals surface area (Å²) in [4.78, 5) is 2.65. The molecule has 1 rings (SSSR count). The number of nitrogens with zero attached hydrogens (tertiary/aromatic N) is 1. The zero-order chi connectivity index (χ0) is 13.7. The van der Waals surface area contributed by atoms with Gasteiger partial charge in [-0.05, 0) is 25.0 Å². The van der Waals surface area contributed by atoms with Crippen LogP contribution in [0.1, 0.15) is 32.8 Å². The fourth-order valence-corrected chi connectivity index (χ4v) is 2.47. The van der Waals surface area contributed by atoms with E-state index in [0.29, 0.717) is 15.9 Å². The Hall–Kier alpha value is -0.800. The molecule has 0 saturated carbocycles. The lowest BCUT2D eigenvalue weighted by molar-refractivity contribution is 0.548. The van der Waals surface area contributed by atoms with E-state index in [0.717, 1.165) is 30.8 Å². The van der Waals surface area contributed by atoms with Gasteiger partial charge < -0.3 is 10.6 Å². The highest BCUT2D eigenvalue weighted by atomic mass is 35.5. The number of nitrogens with two attached hydrogens (primary N) is 1. The van der Waals surface area contributed by atoms with Crippen molar-refractivity contribution in [2.75, 3.05) is 18.0 Å². The number of halogens is 1. The predicted molar refractivity (Wildman–Crippen MR) is 84.7 cm³/mol. The molecule has 0 heterocycles. The van der Waals surface area contributed by atoms with Crippen LogP contribution in [0.2, 0.25) is 5.02 Å². The van der Waals surface area contributed by atoms with Crippen molar-refractivity contribution in [2.24, 2.45) is 11.7 Å². The Balaban J connectivity index is 3.13. The van der Waals surface area contributed by atoms with Gasteiger partial charge >= 0.3 is 0 Å². The van der Waals surface area contributed by atoms with E-state index in [4.69, 9.17) is 29.6 Å². The second-order valence-corrected chi connectivity index (χ2v) is 5.40. The van der Waals surface area contributed by atoms with Gasteiger partial charge in [-0.2, -0.15) is 0 Å². The maximum Gasteiger partial charge on any atom is 0.107 e. The molecule has 4 heteroatoms. The van der Waals surface area contributed by atoms with Crippen molar-refractivity contribution in [1.82, 2.24) is 0 Å². The van der Waals surface area contributed by atoms with Crippen LogP contribution in [-0.2, 0) is 0 Å². The van der Waals surface area contributed by atoms with Gasteiger partial charge in [-0.15, -0.1) is 0 Å². The van der Waals surface area contributed by atoms with Crippen LogP contribution in [0, 0.1) is 5.92 Å². The summed E-state index contributed by atoms with van der Waals surface area (Å²) in [5, 5.41) is 0.627. The maximum atomic E-state index is 6.20. The largest absolute Gasteiger partial charge is 0.389 e. The van der Waals surface area contributed by atoms with E-state index < -0.39 is 0 Å². The summed E-state index contributed by atoms with van der Waals surface area (Å²) in [6, 6.07) is 5.81. The first kappa shape index (κ1) is 15.3. The molecule has 1 aromatic rings. The summed E-state index contributed by atoms with van der Waals surface area (Å²) < 4.78 is 0. The Morgan fingerprint density at radius 1 is 1.44 bits per heavy atom. The van der Waals surface area contributed by atoms with Crippen molar-refractivity contribution >= 4 is 34.5 Å². The lowest BCUT2D eigenvalue weighted by Crippen LogP contribution is -2.30. The first-order valence-electron chi connectivity index (χ1n) is 6.34. The fraction of sp³-hybridized carbons (Fsp3) is 0.500. The van der Waals surface area contributed by atoms with E-state index in [1.807, 2.05) is 18.2 Å². The second-order valence-electron chi connectivity index (χ2n) is 4.55. The number of hydrogen-bond donors (Lipinski definition) is 1. The van der Waals surface area contributed by atoms with Gasteiger partial charge in [0.25, 0.3) is 0 Å². The summed E-state index contributed by atoms with van der Waals surface area (Å²) >= 11 is 11.3. The van der Waals surface area contributed by atoms with E-state index in [2.05, 4.69) is 25.7 Å². The quantitative estimate of drug-likeness (QED) is 0.805. The molecule has 100 valence electrons. The lowest BCUT2D eigenvalue weighted by Gasteiger charge is -2.28. The number of anilines is 1. The summed E-state index contributed by atoms with van der Waals surface area (Å²) in [5.74, 6) is 0.628. The molecule has 2 nitrogen and oxygen atoms in total. The number of thiocarbonyl (C=S) groups is 1. The molecule has 1 atom stereocenters. The highest BCUT2D eigenvalue weighted by molar-refractivity contribution is 7.80. The van der Waals surface area contributed by atoms with Crippen molar-refractivity contribution in [3.63, 3.8) is 0 Å². The molecule has 2 N–H and O–H groups in total. The monoisotopic (exact) mass is 284 g/mol. The van der Waals surface area contributed by atoms with Crippen molar-refractivity contribution < 1.29 is 0 Å². The molecule has 0 aromatic heterocycles. The van der Waals surface area contributed by atoms with Crippen molar-refractivity contribution in [3.8, 4) is 0 Å². The minimum atomic E-state index is 0.359. The molecular weight excluding hydrogens is 264 g/mol. The third-order valence-corrected chi connectivity index (χ3v) is 3.71. The second kappa shape index (κ2) is 6.95. The van der Waals surface area contributed by atoms with E-state index >= 15 is 0 Å². The van der Waals surface area contributed by atoms with Crippen LogP contribution < -0.4 is 10.6 Å². The van der Waals surface area contributed by atoms with Crippen LogP contribution in [0.5, 0.6) is 0 Å². The standard InChI is InChI=1S/C14H21ClN2S/c1-4-10(3)9-17(5-2)12-8-6-7-11(15)13(12)14(16)18/h6-8,10H,4-5,9H2,1-3H3,(H2,16,18). The van der Waals surface area contributed by atoms with Gasteiger partial charge in [0.1, 0.15) is 4.99 Å². The topological polar surface area (TPSA) is 29.3 Å². The van der Waals surface area contributed by atoms with Gasteiger partial charge in [0.2, 0.25) is 0 Å². The first-order chi connectivity index (χ1) is 8.51. The van der Waals surface area contributed by atoms with Gasteiger partial charge in [0.15, 0.2) is 0 Å². The molecular formula is C14H21ClN2S. The van der Waals surface area contributed by atoms with E-state index in [-0.39, 0.29) is 0 Å². The smallest absolute Gasteiger partial charge is 0.107 e. The molecule has 0 aliphatic rings. The van der Waals surface area contributed by atoms with Crippen molar-refractivity contribution in [1.29, 1.82) is 0 Å². The summed E-state index contributed by atoms with van der Waals surface area (Å²) in [7, 11) is 0. The van der Waals surface area contributed by atoms with Gasteiger partial charge in [0.05, 0.1) is 10.6 Å². The SMILES string of the molecule is CCC(C)CN(CC)c1cccc(Cl)c1C(N)=S. The Labute approximate surface area is 120 Å². The van der Waals surface area contributed by atoms with E-state index in [1.165, 1.54) is 0 Å². The van der Waals surface area contributed by atoms with Crippen LogP contribution in [-0.4, -0.2) is 18.1 Å². The normalized spacial score (nSPS) is 12.2. The van der Waals surface area contributed by atoms with Crippen molar-refractivity contribution in [2.45, 2.75) is 27.2 Å². The highest BCUT2D eigenvalue weighted by Gasteiger charge is 2.16. The Kier molecular flexibility index (Phi) is 5.89. The molecule has 1 unspecified atom stereocenters. The van der Waals surface area contributed by atoms with E-state index in [9.17, 15) is 0 Å². The third kappa shape index (κ3) is 3.59. The molecule has 0 aliphatic heterocycles. The van der Waals surface area contributed by atoms with Gasteiger partial charge in [0, 0.05) is 18.8 Å². The Bertz CT molecular complexity index is 420. The van der Waals surface area contributed by atoms with Gasteiger partial charge in [-0.3, -0.25) is 0 Å². The zero-order valence-electron chi connectivity index (χ0n) is 11.2. The molecule has 0 fully saturated rings. The average Bonchev–Trinajstić information content (AvgIpc) is 2.34. The fourth-order valence-electron chi connectivity index (χ4n) is 1.92. The highest BCUT2D eigenvalue weighted by Crippen LogP contribution is 2.28. The minimum absolute atomic E-state index is 0.359. The van der Waals surface area contributed by atoms with Gasteiger partial charge in [-0.25, -0.2) is 0 Å². The zero-order valence-corrected chi connectivity index (χ0v) is 12.8. The molecule has 0 aliphatic carbocycles. The maximum absolute atomic E-state index is 6.20. The van der Waals surface area contributed by atoms with Crippen LogP contribution in [0.3, 0.4) is 0 Å². The molecule has 0 spiro atoms. The molecule has 18 heavy (non-hydrogen) atoms. The molecule has 0 amide bonds. The third-order valence-electron chi connectivity index (χ3n) is 3.19. The van der Waals surface area contributed by atoms with E-state index in [1.54, 1.807) is 0 Å². The lowest BCUT2D eigenvalue weighted by atomic mass is 10.1. The number of benzene rings is 1. The summed E-state index contributed by atoms with van der Waals surface area (Å²) in [6.45, 7) is 8.48. The molecule has 0 saturated heterocycles. The van der Waals surface area contributed by atoms with Crippen LogP contribution in [0.4, 0.5) is 5.69 Å². The molecule has 1 aromatic carbocycles. The first-order valence-corrected chi connectivity index (χ1v) is 7.13. The molecule has 0 radical (unpaired) electrons. The molecule has 0 bridgehead atoms. The number of hydrogen-bond acceptors (Lipinski definition) is 2. The summed E-state index contributed by atoms with van der Waals surface area (Å²) in [5.41, 5.74) is 7.62. The van der Waals surface area contributed by atoms with Crippen LogP contribution in [0.25, 0.3) is 0 Å². The number of rotatable bonds is 6. The Morgan fingerprint density at radius 2 is 2.11 bits per heavy atom. The van der Waals surface area contributed by atoms with Crippen molar-refractivity contribution in [3.05, 3.63) is 28.8 Å². The van der Waals surface area contributed by atoms with Gasteiger partial charge in [-0.1, -0.05) is 50.2 Å². The van der Waals surface area contributed by atoms with Crippen LogP contribution in [0.15, 0.2) is 18.2 Å². The Morgan fingerprint density at radius 3 is 2.61 bits per heavy atom. The average molecular weight is 285 g/mol. The predicted octanol–water partition coefficient (Wildman–Crippen LogP) is 3.85. The van der Waals surface area contributed by atoms with Crippen LogP contribution >= 0.6 is 23.8 Å². The summed E-state index contributed by atoms with van der Waals surface area (Å²) in [6.07, 6.45) is 1.15. The minimum Gasteiger partial charge on any atom is -0.389 e.